The second-order valence-corrected chi connectivity index (χ2v) is 12.1. The number of carbonyl (C=O) groups excluding carboxylic acids is 3. The minimum absolute atomic E-state index is 0.186. The predicted octanol–water partition coefficient (Wildman–Crippen LogP) is 4.28. The van der Waals surface area contributed by atoms with Gasteiger partial charge in [-0.1, -0.05) is 85.8 Å². The molecule has 0 fully saturated rings. The van der Waals surface area contributed by atoms with E-state index in [9.17, 15) is 19.2 Å². The Labute approximate surface area is 263 Å². The molecule has 2 aliphatic rings. The SMILES string of the molecule is CCOC(=O)CN1C(=O)/C(=c2/sc3n(c2=O)[C@H](c2ccc(C(C)C)cc2)C(C(=O)Nc2ccccc2)=C(C)N=3)c2ccccc21. The van der Waals surface area contributed by atoms with Crippen molar-refractivity contribution in [2.45, 2.75) is 39.7 Å². The van der Waals surface area contributed by atoms with Gasteiger partial charge in [-0.25, -0.2) is 4.99 Å². The van der Waals surface area contributed by atoms with Gasteiger partial charge < -0.3 is 10.1 Å². The third kappa shape index (κ3) is 5.42. The van der Waals surface area contributed by atoms with Gasteiger partial charge in [0.2, 0.25) is 0 Å². The van der Waals surface area contributed by atoms with Crippen molar-refractivity contribution in [3.05, 3.63) is 127 Å². The first-order valence-electron chi connectivity index (χ1n) is 14.8. The van der Waals surface area contributed by atoms with Gasteiger partial charge in [0.25, 0.3) is 17.4 Å². The fraction of sp³-hybridized carbons (Fsp3) is 0.229. The molecule has 1 atom stereocenters. The zero-order chi connectivity index (χ0) is 31.8. The summed E-state index contributed by atoms with van der Waals surface area (Å²) in [5.74, 6) is -1.09. The number of nitrogens with one attached hydrogen (secondary N) is 1. The molecule has 10 heteroatoms. The van der Waals surface area contributed by atoms with Gasteiger partial charge in [0.15, 0.2) is 4.80 Å². The number of rotatable bonds is 7. The number of allylic oxidation sites excluding steroid dienone is 1. The lowest BCUT2D eigenvalue weighted by Crippen LogP contribution is -2.41. The molecule has 2 aliphatic heterocycles. The third-order valence-corrected chi connectivity index (χ3v) is 8.99. The summed E-state index contributed by atoms with van der Waals surface area (Å²) < 4.78 is 6.81. The quantitative estimate of drug-likeness (QED) is 0.310. The van der Waals surface area contributed by atoms with E-state index in [-0.39, 0.29) is 29.2 Å². The van der Waals surface area contributed by atoms with Crippen molar-refractivity contribution in [1.82, 2.24) is 4.57 Å². The lowest BCUT2D eigenvalue weighted by Gasteiger charge is -2.25. The number of nitrogens with zero attached hydrogens (tertiary/aromatic N) is 3. The molecule has 3 heterocycles. The molecule has 9 nitrogen and oxygen atoms in total. The van der Waals surface area contributed by atoms with Crippen LogP contribution in [0.5, 0.6) is 0 Å². The van der Waals surface area contributed by atoms with E-state index in [1.807, 2.05) is 42.5 Å². The van der Waals surface area contributed by atoms with Crippen molar-refractivity contribution >= 4 is 46.1 Å². The highest BCUT2D eigenvalue weighted by Crippen LogP contribution is 2.36. The van der Waals surface area contributed by atoms with Crippen molar-refractivity contribution in [3.63, 3.8) is 0 Å². The Balaban J connectivity index is 1.54. The number of hydrogen-bond donors (Lipinski definition) is 1. The number of benzene rings is 3. The fourth-order valence-corrected chi connectivity index (χ4v) is 6.89. The maximum atomic E-state index is 14.5. The van der Waals surface area contributed by atoms with Crippen LogP contribution in [0, 0.1) is 0 Å². The number of esters is 1. The zero-order valence-corrected chi connectivity index (χ0v) is 26.2. The number of anilines is 2. The van der Waals surface area contributed by atoms with Crippen LogP contribution >= 0.6 is 11.3 Å². The van der Waals surface area contributed by atoms with Crippen molar-refractivity contribution < 1.29 is 19.1 Å². The Morgan fingerprint density at radius 2 is 1.67 bits per heavy atom. The van der Waals surface area contributed by atoms with E-state index in [0.717, 1.165) is 22.5 Å². The predicted molar refractivity (Wildman–Crippen MR) is 174 cm³/mol. The van der Waals surface area contributed by atoms with E-state index in [2.05, 4.69) is 19.2 Å². The Morgan fingerprint density at radius 1 is 0.978 bits per heavy atom. The van der Waals surface area contributed by atoms with Gasteiger partial charge in [0.1, 0.15) is 11.1 Å². The number of amides is 2. The number of para-hydroxylation sites is 2. The zero-order valence-electron chi connectivity index (χ0n) is 25.4. The van der Waals surface area contributed by atoms with Crippen LogP contribution in [0.15, 0.2) is 99.9 Å². The molecule has 45 heavy (non-hydrogen) atoms. The van der Waals surface area contributed by atoms with Gasteiger partial charge in [-0.2, -0.15) is 0 Å². The number of ether oxygens (including phenoxy) is 1. The number of aromatic nitrogens is 1. The highest BCUT2D eigenvalue weighted by molar-refractivity contribution is 7.07. The van der Waals surface area contributed by atoms with Crippen LogP contribution in [-0.4, -0.2) is 35.5 Å². The van der Waals surface area contributed by atoms with E-state index < -0.39 is 23.5 Å². The Hall–Kier alpha value is -5.09. The molecule has 0 spiro atoms. The monoisotopic (exact) mass is 620 g/mol. The van der Waals surface area contributed by atoms with Gasteiger partial charge >= 0.3 is 5.97 Å². The molecule has 0 radical (unpaired) electrons. The van der Waals surface area contributed by atoms with E-state index >= 15 is 0 Å². The van der Waals surface area contributed by atoms with Gasteiger partial charge in [-0.3, -0.25) is 28.6 Å². The van der Waals surface area contributed by atoms with Gasteiger partial charge in [0, 0.05) is 11.3 Å². The average Bonchev–Trinajstić information content (AvgIpc) is 3.49. The number of carbonyl (C=O) groups is 3. The summed E-state index contributed by atoms with van der Waals surface area (Å²) in [6.07, 6.45) is 0. The van der Waals surface area contributed by atoms with Crippen LogP contribution in [0.2, 0.25) is 0 Å². The van der Waals surface area contributed by atoms with E-state index in [1.54, 1.807) is 50.2 Å². The van der Waals surface area contributed by atoms with Gasteiger partial charge in [-0.15, -0.1) is 0 Å². The summed E-state index contributed by atoms with van der Waals surface area (Å²) in [4.78, 5) is 61.1. The van der Waals surface area contributed by atoms with Gasteiger partial charge in [0.05, 0.1) is 35.2 Å². The van der Waals surface area contributed by atoms with Crippen LogP contribution in [-0.2, 0) is 19.1 Å². The molecule has 0 unspecified atom stereocenters. The lowest BCUT2D eigenvalue weighted by molar-refractivity contribution is -0.142. The Kier molecular flexibility index (Phi) is 8.07. The van der Waals surface area contributed by atoms with E-state index in [0.29, 0.717) is 38.9 Å². The summed E-state index contributed by atoms with van der Waals surface area (Å²) in [6, 6.07) is 23.3. The first-order chi connectivity index (χ1) is 21.7. The number of hydrogen-bond acceptors (Lipinski definition) is 7. The molecule has 1 aromatic heterocycles. The largest absolute Gasteiger partial charge is 0.465 e. The molecule has 4 aromatic rings. The summed E-state index contributed by atoms with van der Waals surface area (Å²) in [5, 5.41) is 2.96. The molecule has 3 aromatic carbocycles. The van der Waals surface area contributed by atoms with Crippen molar-refractivity contribution in [2.24, 2.45) is 4.99 Å². The second-order valence-electron chi connectivity index (χ2n) is 11.1. The van der Waals surface area contributed by atoms with Crippen molar-refractivity contribution in [3.8, 4) is 0 Å². The number of fused-ring (bicyclic) bond motifs is 2. The first kappa shape index (κ1) is 30.0. The van der Waals surface area contributed by atoms with Gasteiger partial charge in [-0.05, 0) is 49.1 Å². The van der Waals surface area contributed by atoms with Crippen LogP contribution in [0.3, 0.4) is 0 Å². The summed E-state index contributed by atoms with van der Waals surface area (Å²) in [6.45, 7) is 7.57. The summed E-state index contributed by atoms with van der Waals surface area (Å²) >= 11 is 1.10. The van der Waals surface area contributed by atoms with Crippen molar-refractivity contribution in [1.29, 1.82) is 0 Å². The first-order valence-corrected chi connectivity index (χ1v) is 15.6. The topological polar surface area (TPSA) is 110 Å². The van der Waals surface area contributed by atoms with Crippen LogP contribution < -0.4 is 25.1 Å². The molecule has 2 amide bonds. The van der Waals surface area contributed by atoms with Crippen LogP contribution in [0.4, 0.5) is 11.4 Å². The molecule has 1 N–H and O–H groups in total. The average molecular weight is 621 g/mol. The third-order valence-electron chi connectivity index (χ3n) is 7.94. The molecule has 0 aliphatic carbocycles. The van der Waals surface area contributed by atoms with Crippen LogP contribution in [0.1, 0.15) is 56.3 Å². The molecule has 6 rings (SSSR count). The van der Waals surface area contributed by atoms with Crippen molar-refractivity contribution in [2.75, 3.05) is 23.4 Å². The molecule has 0 saturated heterocycles. The fourth-order valence-electron chi connectivity index (χ4n) is 5.75. The maximum absolute atomic E-state index is 14.5. The molecular formula is C35H32N4O5S. The normalized spacial score (nSPS) is 16.8. The maximum Gasteiger partial charge on any atom is 0.326 e. The summed E-state index contributed by atoms with van der Waals surface area (Å²) in [7, 11) is 0. The molecule has 0 bridgehead atoms. The minimum Gasteiger partial charge on any atom is -0.465 e. The molecule has 228 valence electrons. The highest BCUT2D eigenvalue weighted by Gasteiger charge is 2.38. The smallest absolute Gasteiger partial charge is 0.326 e. The summed E-state index contributed by atoms with van der Waals surface area (Å²) in [5.41, 5.74) is 4.12. The van der Waals surface area contributed by atoms with E-state index in [4.69, 9.17) is 9.73 Å². The Bertz CT molecular complexity index is 2040. The lowest BCUT2D eigenvalue weighted by atomic mass is 9.93. The highest BCUT2D eigenvalue weighted by atomic mass is 32.1. The molecular weight excluding hydrogens is 588 g/mol. The minimum atomic E-state index is -0.789. The second kappa shape index (κ2) is 12.1. The number of thiazole rings is 1. The van der Waals surface area contributed by atoms with Crippen LogP contribution in [0.25, 0.3) is 5.57 Å². The van der Waals surface area contributed by atoms with E-state index in [1.165, 1.54) is 9.47 Å². The Morgan fingerprint density at radius 3 is 2.36 bits per heavy atom. The molecule has 0 saturated carbocycles. The standard InChI is InChI=1S/C35H32N4O5S/c1-5-44-27(40)19-38-26-14-10-9-13-25(26)29(33(38)42)31-34(43)39-30(23-17-15-22(16-18-23)20(2)3)28(21(4)36-35(39)45-31)32(41)37-24-11-7-6-8-12-24/h6-18,20,30H,5,19H2,1-4H3,(H,37,41)/b31-29+/t30-/m1/s1.